The summed E-state index contributed by atoms with van der Waals surface area (Å²) in [5.74, 6) is 0. The molecule has 2 aromatic heterocycles. The van der Waals surface area contributed by atoms with Crippen LogP contribution in [0.1, 0.15) is 19.9 Å². The molecular weight excluding hydrogens is 380 g/mol. The van der Waals surface area contributed by atoms with Crippen molar-refractivity contribution < 1.29 is 8.42 Å². The summed E-state index contributed by atoms with van der Waals surface area (Å²) >= 11 is 3.29. The van der Waals surface area contributed by atoms with Crippen molar-refractivity contribution in [2.45, 2.75) is 24.8 Å². The Labute approximate surface area is 142 Å². The lowest BCUT2D eigenvalue weighted by atomic mass is 10.3. The topological polar surface area (TPSA) is 76.9 Å². The number of anilines is 1. The third-order valence-corrected chi connectivity index (χ3v) is 5.22. The monoisotopic (exact) mass is 394 g/mol. The predicted octanol–water partition coefficient (Wildman–Crippen LogP) is 3.58. The molecule has 0 atom stereocenters. The number of hydrogen-bond acceptors (Lipinski definition) is 4. The first-order chi connectivity index (χ1) is 10.9. The number of rotatable bonds is 4. The summed E-state index contributed by atoms with van der Waals surface area (Å²) in [6.45, 7) is 4.02. The van der Waals surface area contributed by atoms with Crippen LogP contribution >= 0.6 is 15.9 Å². The van der Waals surface area contributed by atoms with E-state index in [2.05, 4.69) is 30.7 Å². The van der Waals surface area contributed by atoms with E-state index in [4.69, 9.17) is 0 Å². The maximum Gasteiger partial charge on any atom is 0.261 e. The highest BCUT2D eigenvalue weighted by molar-refractivity contribution is 9.10. The molecule has 0 aliphatic rings. The lowest BCUT2D eigenvalue weighted by Gasteiger charge is -2.09. The molecule has 0 radical (unpaired) electrons. The molecule has 0 fully saturated rings. The molecule has 0 saturated heterocycles. The van der Waals surface area contributed by atoms with Gasteiger partial charge in [0.25, 0.3) is 10.0 Å². The molecule has 0 unspecified atom stereocenters. The number of nitrogens with zero attached hydrogens (tertiary/aromatic N) is 3. The molecule has 120 valence electrons. The molecule has 0 aliphatic heterocycles. The number of halogens is 1. The number of hydrogen-bond donors (Lipinski definition) is 1. The molecule has 1 N–H and O–H groups in total. The Morgan fingerprint density at radius 3 is 2.52 bits per heavy atom. The Balaban J connectivity index is 1.93. The van der Waals surface area contributed by atoms with E-state index in [1.54, 1.807) is 29.1 Å². The van der Waals surface area contributed by atoms with Crippen LogP contribution in [-0.2, 0) is 10.0 Å². The third kappa shape index (κ3) is 3.23. The zero-order chi connectivity index (χ0) is 16.6. The van der Waals surface area contributed by atoms with Crippen LogP contribution in [-0.4, -0.2) is 23.2 Å². The van der Waals surface area contributed by atoms with Gasteiger partial charge in [-0.1, -0.05) is 15.9 Å². The fourth-order valence-corrected chi connectivity index (χ4v) is 3.50. The van der Waals surface area contributed by atoms with Gasteiger partial charge < -0.3 is 0 Å². The molecule has 3 aromatic rings. The Kier molecular flexibility index (Phi) is 4.11. The molecule has 0 spiro atoms. The number of sulfonamides is 1. The van der Waals surface area contributed by atoms with E-state index < -0.39 is 10.0 Å². The minimum atomic E-state index is -3.65. The van der Waals surface area contributed by atoms with Gasteiger partial charge in [0.15, 0.2) is 5.65 Å². The Bertz CT molecular complexity index is 949. The molecule has 0 amide bonds. The molecule has 0 aliphatic carbocycles. The molecule has 8 heteroatoms. The van der Waals surface area contributed by atoms with E-state index in [0.717, 1.165) is 15.5 Å². The lowest BCUT2D eigenvalue weighted by molar-refractivity contribution is 0.546. The number of nitrogens with one attached hydrogen (secondary N) is 1. The van der Waals surface area contributed by atoms with Crippen LogP contribution in [0.25, 0.3) is 11.0 Å². The Hall–Kier alpha value is -1.93. The lowest BCUT2D eigenvalue weighted by Crippen LogP contribution is -2.13. The van der Waals surface area contributed by atoms with Crippen LogP contribution in [0.4, 0.5) is 5.69 Å². The SMILES string of the molecule is CC(C)n1ncc2cc(NS(=O)(=O)c3ccc(Br)cc3)cnc21. The second-order valence-electron chi connectivity index (χ2n) is 5.38. The fourth-order valence-electron chi connectivity index (χ4n) is 2.20. The summed E-state index contributed by atoms with van der Waals surface area (Å²) < 4.78 is 29.9. The van der Waals surface area contributed by atoms with Gasteiger partial charge in [-0.15, -0.1) is 0 Å². The average Bonchev–Trinajstić information content (AvgIpc) is 2.90. The van der Waals surface area contributed by atoms with Gasteiger partial charge in [0, 0.05) is 15.9 Å². The standard InChI is InChI=1S/C15H15BrN4O2S/c1-10(2)20-15-11(8-18-20)7-13(9-17-15)19-23(21,22)14-5-3-12(16)4-6-14/h3-10,19H,1-2H3. The molecule has 0 saturated carbocycles. The summed E-state index contributed by atoms with van der Waals surface area (Å²) in [7, 11) is -3.65. The maximum absolute atomic E-state index is 12.4. The van der Waals surface area contributed by atoms with Crippen molar-refractivity contribution >= 4 is 42.7 Å². The molecule has 0 bridgehead atoms. The maximum atomic E-state index is 12.4. The Morgan fingerprint density at radius 1 is 1.17 bits per heavy atom. The van der Waals surface area contributed by atoms with E-state index in [-0.39, 0.29) is 10.9 Å². The van der Waals surface area contributed by atoms with Gasteiger partial charge in [0.2, 0.25) is 0 Å². The molecule has 23 heavy (non-hydrogen) atoms. The highest BCUT2D eigenvalue weighted by Gasteiger charge is 2.15. The van der Waals surface area contributed by atoms with Crippen molar-refractivity contribution in [3.05, 3.63) is 47.2 Å². The smallest absolute Gasteiger partial charge is 0.261 e. The zero-order valence-electron chi connectivity index (χ0n) is 12.6. The van der Waals surface area contributed by atoms with Gasteiger partial charge in [0.1, 0.15) is 0 Å². The van der Waals surface area contributed by atoms with E-state index in [1.807, 2.05) is 13.8 Å². The fraction of sp³-hybridized carbons (Fsp3) is 0.200. The van der Waals surface area contributed by atoms with Crippen molar-refractivity contribution in [1.29, 1.82) is 0 Å². The van der Waals surface area contributed by atoms with E-state index in [1.165, 1.54) is 18.3 Å². The summed E-state index contributed by atoms with van der Waals surface area (Å²) in [5.41, 5.74) is 1.13. The first kappa shape index (κ1) is 15.9. The van der Waals surface area contributed by atoms with Crippen LogP contribution in [0.3, 0.4) is 0 Å². The average molecular weight is 395 g/mol. The van der Waals surface area contributed by atoms with Crippen LogP contribution in [0, 0.1) is 0 Å². The highest BCUT2D eigenvalue weighted by atomic mass is 79.9. The van der Waals surface area contributed by atoms with Gasteiger partial charge in [-0.05, 0) is 44.2 Å². The van der Waals surface area contributed by atoms with Crippen molar-refractivity contribution in [2.75, 3.05) is 4.72 Å². The first-order valence-corrected chi connectivity index (χ1v) is 9.26. The van der Waals surface area contributed by atoms with E-state index in [9.17, 15) is 8.42 Å². The summed E-state index contributed by atoms with van der Waals surface area (Å²) in [6, 6.07) is 8.35. The number of aromatic nitrogens is 3. The molecule has 1 aromatic carbocycles. The first-order valence-electron chi connectivity index (χ1n) is 6.98. The van der Waals surface area contributed by atoms with Gasteiger partial charge >= 0.3 is 0 Å². The highest BCUT2D eigenvalue weighted by Crippen LogP contribution is 2.22. The van der Waals surface area contributed by atoms with Gasteiger partial charge in [-0.3, -0.25) is 4.72 Å². The minimum absolute atomic E-state index is 0.185. The van der Waals surface area contributed by atoms with Gasteiger partial charge in [-0.2, -0.15) is 5.10 Å². The molecule has 6 nitrogen and oxygen atoms in total. The van der Waals surface area contributed by atoms with Gasteiger partial charge in [0.05, 0.1) is 23.0 Å². The van der Waals surface area contributed by atoms with Crippen LogP contribution in [0.15, 0.2) is 52.1 Å². The zero-order valence-corrected chi connectivity index (χ0v) is 15.0. The minimum Gasteiger partial charge on any atom is -0.278 e. The summed E-state index contributed by atoms with van der Waals surface area (Å²) in [6.07, 6.45) is 3.18. The second-order valence-corrected chi connectivity index (χ2v) is 7.98. The second kappa shape index (κ2) is 5.93. The predicted molar refractivity (Wildman–Crippen MR) is 92.9 cm³/mol. The molecule has 3 rings (SSSR count). The number of benzene rings is 1. The van der Waals surface area contributed by atoms with Crippen molar-refractivity contribution in [3.8, 4) is 0 Å². The van der Waals surface area contributed by atoms with Crippen molar-refractivity contribution in [3.63, 3.8) is 0 Å². The van der Waals surface area contributed by atoms with Crippen LogP contribution < -0.4 is 4.72 Å². The third-order valence-electron chi connectivity index (χ3n) is 3.30. The summed E-state index contributed by atoms with van der Waals surface area (Å²) in [5, 5.41) is 5.06. The quantitative estimate of drug-likeness (QED) is 0.733. The van der Waals surface area contributed by atoms with Gasteiger partial charge in [-0.25, -0.2) is 18.1 Å². The number of fused-ring (bicyclic) bond motifs is 1. The molecule has 2 heterocycles. The van der Waals surface area contributed by atoms with Crippen molar-refractivity contribution in [2.24, 2.45) is 0 Å². The van der Waals surface area contributed by atoms with E-state index in [0.29, 0.717) is 5.69 Å². The van der Waals surface area contributed by atoms with Crippen LogP contribution in [0.5, 0.6) is 0 Å². The molecular formula is C15H15BrN4O2S. The van der Waals surface area contributed by atoms with Crippen LogP contribution in [0.2, 0.25) is 0 Å². The Morgan fingerprint density at radius 2 is 1.87 bits per heavy atom. The van der Waals surface area contributed by atoms with E-state index >= 15 is 0 Å². The number of pyridine rings is 1. The summed E-state index contributed by atoms with van der Waals surface area (Å²) in [4.78, 5) is 4.51. The van der Waals surface area contributed by atoms with Crippen molar-refractivity contribution in [1.82, 2.24) is 14.8 Å². The normalized spacial score (nSPS) is 12.0. The largest absolute Gasteiger partial charge is 0.278 e.